The molecule has 1 aromatic carbocycles. The molecular weight excluding hydrogens is 182 g/mol. The zero-order chi connectivity index (χ0) is 8.84. The van der Waals surface area contributed by atoms with Gasteiger partial charge in [-0.05, 0) is 29.0 Å². The Morgan fingerprint density at radius 2 is 2.23 bits per heavy atom. The fourth-order valence-corrected chi connectivity index (χ4v) is 2.42. The lowest BCUT2D eigenvalue weighted by atomic mass is 10.2. The minimum atomic E-state index is 0.830. The molecule has 0 atom stereocenters. The molecule has 0 amide bonds. The molecule has 0 spiro atoms. The molecule has 0 saturated heterocycles. The second-order valence-corrected chi connectivity index (χ2v) is 3.88. The van der Waals surface area contributed by atoms with E-state index in [2.05, 4.69) is 6.07 Å². The minimum absolute atomic E-state index is 0.830. The third kappa shape index (κ3) is 0.820. The van der Waals surface area contributed by atoms with E-state index in [4.69, 9.17) is 10.2 Å². The first-order valence-electron chi connectivity index (χ1n) is 3.99. The molecule has 0 fully saturated rings. The first kappa shape index (κ1) is 6.97. The molecule has 0 saturated carbocycles. The van der Waals surface area contributed by atoms with Crippen molar-refractivity contribution in [2.45, 2.75) is 0 Å². The van der Waals surface area contributed by atoms with Crippen LogP contribution in [0.25, 0.3) is 21.1 Å². The van der Waals surface area contributed by atoms with Crippen molar-refractivity contribution in [3.05, 3.63) is 29.8 Å². The smallest absolute Gasteiger partial charge is 0.136 e. The zero-order valence-electron chi connectivity index (χ0n) is 6.78. The third-order valence-corrected chi connectivity index (χ3v) is 3.18. The first-order chi connectivity index (χ1) is 6.36. The molecule has 64 valence electrons. The second kappa shape index (κ2) is 2.26. The number of rotatable bonds is 0. The van der Waals surface area contributed by atoms with Crippen LogP contribution in [-0.2, 0) is 0 Å². The van der Waals surface area contributed by atoms with Crippen molar-refractivity contribution in [3.63, 3.8) is 0 Å². The van der Waals surface area contributed by atoms with Gasteiger partial charge in [0, 0.05) is 5.39 Å². The van der Waals surface area contributed by atoms with E-state index >= 15 is 0 Å². The van der Waals surface area contributed by atoms with Gasteiger partial charge in [-0.15, -0.1) is 11.3 Å². The van der Waals surface area contributed by atoms with Crippen molar-refractivity contribution in [2.75, 3.05) is 5.73 Å². The standard InChI is InChI=1S/C10H7NOS/c11-9-7-1-3-12-8(7)5-6-2-4-13-10(6)9/h1-5H,11H2. The number of anilines is 1. The molecule has 0 aliphatic rings. The van der Waals surface area contributed by atoms with Crippen LogP contribution in [0.2, 0.25) is 0 Å². The van der Waals surface area contributed by atoms with Crippen LogP contribution in [0.4, 0.5) is 5.69 Å². The van der Waals surface area contributed by atoms with E-state index in [-0.39, 0.29) is 0 Å². The number of fused-ring (bicyclic) bond motifs is 2. The summed E-state index contributed by atoms with van der Waals surface area (Å²) in [7, 11) is 0. The lowest BCUT2D eigenvalue weighted by molar-refractivity contribution is 0.616. The van der Waals surface area contributed by atoms with Gasteiger partial charge < -0.3 is 10.2 Å². The molecule has 3 aromatic rings. The number of benzene rings is 1. The predicted octanol–water partition coefficient (Wildman–Crippen LogP) is 3.23. The molecule has 2 heterocycles. The van der Waals surface area contributed by atoms with E-state index in [1.807, 2.05) is 17.5 Å². The maximum Gasteiger partial charge on any atom is 0.136 e. The summed E-state index contributed by atoms with van der Waals surface area (Å²) in [5, 5.41) is 4.21. The van der Waals surface area contributed by atoms with E-state index < -0.39 is 0 Å². The summed E-state index contributed by atoms with van der Waals surface area (Å²) in [5.74, 6) is 0. The van der Waals surface area contributed by atoms with Crippen LogP contribution in [0, 0.1) is 0 Å². The summed E-state index contributed by atoms with van der Waals surface area (Å²) >= 11 is 1.67. The van der Waals surface area contributed by atoms with E-state index in [0.717, 1.165) is 26.7 Å². The van der Waals surface area contributed by atoms with Crippen LogP contribution in [-0.4, -0.2) is 0 Å². The molecule has 0 aliphatic carbocycles. The molecule has 0 unspecified atom stereocenters. The molecule has 0 aliphatic heterocycles. The van der Waals surface area contributed by atoms with Gasteiger partial charge in [-0.2, -0.15) is 0 Å². The highest BCUT2D eigenvalue weighted by molar-refractivity contribution is 7.18. The number of thiophene rings is 1. The van der Waals surface area contributed by atoms with Gasteiger partial charge in [0.2, 0.25) is 0 Å². The number of hydrogen-bond acceptors (Lipinski definition) is 3. The topological polar surface area (TPSA) is 39.2 Å². The molecule has 2 aromatic heterocycles. The Morgan fingerprint density at radius 1 is 1.31 bits per heavy atom. The Morgan fingerprint density at radius 3 is 3.15 bits per heavy atom. The maximum atomic E-state index is 5.99. The van der Waals surface area contributed by atoms with Crippen LogP contribution >= 0.6 is 11.3 Å². The average molecular weight is 189 g/mol. The van der Waals surface area contributed by atoms with Gasteiger partial charge in [0.05, 0.1) is 16.7 Å². The highest BCUT2D eigenvalue weighted by Gasteiger charge is 2.06. The summed E-state index contributed by atoms with van der Waals surface area (Å²) < 4.78 is 6.45. The van der Waals surface area contributed by atoms with Crippen LogP contribution in [0.15, 0.2) is 34.3 Å². The summed E-state index contributed by atoms with van der Waals surface area (Å²) in [6.45, 7) is 0. The Labute approximate surface area is 78.6 Å². The average Bonchev–Trinajstić information content (AvgIpc) is 2.71. The van der Waals surface area contributed by atoms with Gasteiger partial charge in [-0.1, -0.05) is 0 Å². The number of hydrogen-bond donors (Lipinski definition) is 1. The molecule has 3 rings (SSSR count). The first-order valence-corrected chi connectivity index (χ1v) is 4.87. The molecule has 13 heavy (non-hydrogen) atoms. The highest BCUT2D eigenvalue weighted by atomic mass is 32.1. The SMILES string of the molecule is Nc1c2ccoc2cc2ccsc12. The quantitative estimate of drug-likeness (QED) is 0.551. The Bertz CT molecular complexity index is 530. The zero-order valence-corrected chi connectivity index (χ0v) is 7.60. The van der Waals surface area contributed by atoms with Gasteiger partial charge in [0.15, 0.2) is 0 Å². The van der Waals surface area contributed by atoms with Crippen molar-refractivity contribution >= 4 is 38.1 Å². The molecule has 0 radical (unpaired) electrons. The second-order valence-electron chi connectivity index (χ2n) is 2.96. The van der Waals surface area contributed by atoms with Crippen LogP contribution in [0.5, 0.6) is 0 Å². The Kier molecular flexibility index (Phi) is 1.21. The van der Waals surface area contributed by atoms with E-state index in [0.29, 0.717) is 0 Å². The van der Waals surface area contributed by atoms with E-state index in [1.54, 1.807) is 17.6 Å². The van der Waals surface area contributed by atoms with E-state index in [1.165, 1.54) is 0 Å². The van der Waals surface area contributed by atoms with Gasteiger partial charge in [0.25, 0.3) is 0 Å². The Balaban J connectivity index is 2.67. The molecular formula is C10H7NOS. The lowest BCUT2D eigenvalue weighted by Crippen LogP contribution is -1.84. The monoisotopic (exact) mass is 189 g/mol. The van der Waals surface area contributed by atoms with Gasteiger partial charge >= 0.3 is 0 Å². The summed E-state index contributed by atoms with van der Waals surface area (Å²) in [6.07, 6.45) is 1.67. The lowest BCUT2D eigenvalue weighted by Gasteiger charge is -1.96. The van der Waals surface area contributed by atoms with Crippen molar-refractivity contribution in [3.8, 4) is 0 Å². The molecule has 0 bridgehead atoms. The van der Waals surface area contributed by atoms with Gasteiger partial charge in [-0.3, -0.25) is 0 Å². The summed E-state index contributed by atoms with van der Waals surface area (Å²) in [6, 6.07) is 5.99. The van der Waals surface area contributed by atoms with Crippen molar-refractivity contribution in [1.29, 1.82) is 0 Å². The van der Waals surface area contributed by atoms with Gasteiger partial charge in [0.1, 0.15) is 5.58 Å². The number of nitrogen functional groups attached to an aromatic ring is 1. The molecule has 3 heteroatoms. The van der Waals surface area contributed by atoms with Crippen LogP contribution < -0.4 is 5.73 Å². The predicted molar refractivity (Wildman–Crippen MR) is 56.0 cm³/mol. The van der Waals surface area contributed by atoms with Gasteiger partial charge in [-0.25, -0.2) is 0 Å². The molecule has 2 nitrogen and oxygen atoms in total. The van der Waals surface area contributed by atoms with E-state index in [9.17, 15) is 0 Å². The summed E-state index contributed by atoms with van der Waals surface area (Å²) in [4.78, 5) is 0. The van der Waals surface area contributed by atoms with Crippen molar-refractivity contribution < 1.29 is 4.42 Å². The fourth-order valence-electron chi connectivity index (χ4n) is 1.57. The third-order valence-electron chi connectivity index (χ3n) is 2.21. The van der Waals surface area contributed by atoms with Crippen molar-refractivity contribution in [1.82, 2.24) is 0 Å². The highest BCUT2D eigenvalue weighted by Crippen LogP contribution is 2.34. The Hall–Kier alpha value is -1.48. The minimum Gasteiger partial charge on any atom is -0.464 e. The summed E-state index contributed by atoms with van der Waals surface area (Å²) in [5.41, 5.74) is 7.69. The van der Waals surface area contributed by atoms with Crippen LogP contribution in [0.3, 0.4) is 0 Å². The fraction of sp³-hybridized carbons (Fsp3) is 0. The normalized spacial score (nSPS) is 11.4. The maximum absolute atomic E-state index is 5.99. The molecule has 2 N–H and O–H groups in total. The number of furan rings is 1. The number of nitrogens with two attached hydrogens (primary N) is 1. The van der Waals surface area contributed by atoms with Crippen LogP contribution in [0.1, 0.15) is 0 Å². The largest absolute Gasteiger partial charge is 0.464 e. The van der Waals surface area contributed by atoms with Crippen molar-refractivity contribution in [2.24, 2.45) is 0 Å².